The lowest BCUT2D eigenvalue weighted by Gasteiger charge is -2.26. The van der Waals surface area contributed by atoms with Gasteiger partial charge in [0.2, 0.25) is 0 Å². The van der Waals surface area contributed by atoms with Crippen molar-refractivity contribution in [2.45, 2.75) is 47.0 Å². The maximum Gasteiger partial charge on any atom is 0.137 e. The van der Waals surface area contributed by atoms with E-state index in [2.05, 4.69) is 47.9 Å². The molecule has 1 aromatic heterocycles. The largest absolute Gasteiger partial charge is 0.380 e. The lowest BCUT2D eigenvalue weighted by molar-refractivity contribution is 0.154. The summed E-state index contributed by atoms with van der Waals surface area (Å²) in [5.74, 6) is 2.37. The zero-order chi connectivity index (χ0) is 15.7. The van der Waals surface area contributed by atoms with Crippen LogP contribution < -0.4 is 10.2 Å². The Morgan fingerprint density at radius 2 is 2.00 bits per heavy atom. The number of hydrogen-bond donors (Lipinski definition) is 1. The van der Waals surface area contributed by atoms with Crippen LogP contribution in [0.5, 0.6) is 0 Å². The molecule has 5 heteroatoms. The minimum Gasteiger partial charge on any atom is -0.380 e. The van der Waals surface area contributed by atoms with Crippen molar-refractivity contribution in [3.63, 3.8) is 0 Å². The molecule has 1 N–H and O–H groups in total. The number of likely N-dealkylation sites (N-methyl/N-ethyl adjacent to an activating group) is 1. The third-order valence-corrected chi connectivity index (χ3v) is 3.37. The maximum atomic E-state index is 5.48. The van der Waals surface area contributed by atoms with Crippen molar-refractivity contribution >= 4 is 11.6 Å². The first kappa shape index (κ1) is 17.7. The number of nitrogens with one attached hydrogen (secondary N) is 1. The van der Waals surface area contributed by atoms with E-state index < -0.39 is 0 Å². The Hall–Kier alpha value is -1.36. The highest BCUT2D eigenvalue weighted by molar-refractivity contribution is 5.60. The number of anilines is 2. The fraction of sp³-hybridized carbons (Fsp3) is 0.750. The van der Waals surface area contributed by atoms with Crippen molar-refractivity contribution in [2.75, 3.05) is 43.1 Å². The molecule has 0 fully saturated rings. The molecule has 0 aliphatic heterocycles. The van der Waals surface area contributed by atoms with Gasteiger partial charge in [-0.25, -0.2) is 9.97 Å². The molecule has 1 heterocycles. The smallest absolute Gasteiger partial charge is 0.137 e. The van der Waals surface area contributed by atoms with Crippen LogP contribution in [-0.4, -0.2) is 42.8 Å². The minimum atomic E-state index is 0.377. The monoisotopic (exact) mass is 294 g/mol. The van der Waals surface area contributed by atoms with Crippen molar-refractivity contribution in [1.82, 2.24) is 9.97 Å². The minimum absolute atomic E-state index is 0.377. The summed E-state index contributed by atoms with van der Waals surface area (Å²) in [6.07, 6.45) is 2.74. The molecule has 5 nitrogen and oxygen atoms in total. The Morgan fingerprint density at radius 3 is 2.57 bits per heavy atom. The van der Waals surface area contributed by atoms with E-state index >= 15 is 0 Å². The lowest BCUT2D eigenvalue weighted by Crippen LogP contribution is -2.29. The maximum absolute atomic E-state index is 5.48. The van der Waals surface area contributed by atoms with Gasteiger partial charge in [0.1, 0.15) is 18.0 Å². The van der Waals surface area contributed by atoms with Gasteiger partial charge in [-0.1, -0.05) is 20.8 Å². The van der Waals surface area contributed by atoms with E-state index in [0.29, 0.717) is 5.92 Å². The molecule has 21 heavy (non-hydrogen) atoms. The zero-order valence-electron chi connectivity index (χ0n) is 14.1. The van der Waals surface area contributed by atoms with Crippen LogP contribution in [0.4, 0.5) is 11.6 Å². The van der Waals surface area contributed by atoms with Crippen LogP contribution in [0.2, 0.25) is 0 Å². The summed E-state index contributed by atoms with van der Waals surface area (Å²) in [5.41, 5.74) is 1.20. The van der Waals surface area contributed by atoms with Gasteiger partial charge in [-0.3, -0.25) is 0 Å². The quantitative estimate of drug-likeness (QED) is 0.671. The first-order valence-electron chi connectivity index (χ1n) is 8.07. The Labute approximate surface area is 129 Å². The molecule has 0 saturated carbocycles. The summed E-state index contributed by atoms with van der Waals surface area (Å²) in [7, 11) is 0. The van der Waals surface area contributed by atoms with Crippen LogP contribution >= 0.6 is 0 Å². The van der Waals surface area contributed by atoms with Crippen molar-refractivity contribution in [3.8, 4) is 0 Å². The van der Waals surface area contributed by atoms with Crippen LogP contribution in [0.15, 0.2) is 6.33 Å². The first-order valence-corrected chi connectivity index (χ1v) is 8.07. The highest BCUT2D eigenvalue weighted by atomic mass is 16.5. The number of hydrogen-bond acceptors (Lipinski definition) is 5. The second kappa shape index (κ2) is 9.55. The van der Waals surface area contributed by atoms with E-state index in [9.17, 15) is 0 Å². The molecule has 1 aromatic rings. The molecule has 0 atom stereocenters. The molecule has 0 radical (unpaired) electrons. The molecular formula is C16H30N4O. The van der Waals surface area contributed by atoms with Gasteiger partial charge in [0, 0.05) is 31.8 Å². The van der Waals surface area contributed by atoms with Gasteiger partial charge in [0.15, 0.2) is 0 Å². The standard InChI is InChI=1S/C16H30N4O/c1-6-9-17-15-14(13(4)5)16(19-12-18-15)20(7-2)10-11-21-8-3/h12-13H,6-11H2,1-5H3,(H,17,18,19). The highest BCUT2D eigenvalue weighted by Gasteiger charge is 2.18. The summed E-state index contributed by atoms with van der Waals surface area (Å²) < 4.78 is 5.48. The van der Waals surface area contributed by atoms with Crippen molar-refractivity contribution in [1.29, 1.82) is 0 Å². The normalized spacial score (nSPS) is 11.0. The SMILES string of the molecule is CCCNc1ncnc(N(CC)CCOCC)c1C(C)C. The summed E-state index contributed by atoms with van der Waals surface area (Å²) in [6, 6.07) is 0. The summed E-state index contributed by atoms with van der Waals surface area (Å²) in [5, 5.41) is 3.42. The summed E-state index contributed by atoms with van der Waals surface area (Å²) in [4.78, 5) is 11.2. The fourth-order valence-electron chi connectivity index (χ4n) is 2.29. The molecule has 0 saturated heterocycles. The second-order valence-electron chi connectivity index (χ2n) is 5.32. The van der Waals surface area contributed by atoms with Crippen LogP contribution in [0.1, 0.15) is 52.5 Å². The highest BCUT2D eigenvalue weighted by Crippen LogP contribution is 2.30. The molecular weight excluding hydrogens is 264 g/mol. The van der Waals surface area contributed by atoms with E-state index in [1.165, 1.54) is 5.56 Å². The zero-order valence-corrected chi connectivity index (χ0v) is 14.1. The van der Waals surface area contributed by atoms with E-state index in [-0.39, 0.29) is 0 Å². The van der Waals surface area contributed by atoms with Crippen molar-refractivity contribution in [3.05, 3.63) is 11.9 Å². The molecule has 0 bridgehead atoms. The van der Waals surface area contributed by atoms with Gasteiger partial charge in [-0.2, -0.15) is 0 Å². The van der Waals surface area contributed by atoms with Crippen LogP contribution in [0, 0.1) is 0 Å². The topological polar surface area (TPSA) is 50.3 Å². The molecule has 0 aromatic carbocycles. The fourth-order valence-corrected chi connectivity index (χ4v) is 2.29. The Bertz CT molecular complexity index is 409. The van der Waals surface area contributed by atoms with Gasteiger partial charge in [-0.05, 0) is 26.2 Å². The summed E-state index contributed by atoms with van der Waals surface area (Å²) >= 11 is 0. The van der Waals surface area contributed by atoms with Crippen molar-refractivity contribution in [2.24, 2.45) is 0 Å². The van der Waals surface area contributed by atoms with E-state index in [1.807, 2.05) is 6.92 Å². The van der Waals surface area contributed by atoms with Crippen LogP contribution in [0.25, 0.3) is 0 Å². The van der Waals surface area contributed by atoms with Crippen LogP contribution in [0.3, 0.4) is 0 Å². The third kappa shape index (κ3) is 5.16. The molecule has 120 valence electrons. The van der Waals surface area contributed by atoms with Crippen molar-refractivity contribution < 1.29 is 4.74 Å². The van der Waals surface area contributed by atoms with Gasteiger partial charge in [-0.15, -0.1) is 0 Å². The Kier molecular flexibility index (Phi) is 8.05. The number of nitrogens with zero attached hydrogens (tertiary/aromatic N) is 3. The third-order valence-electron chi connectivity index (χ3n) is 3.37. The summed E-state index contributed by atoms with van der Waals surface area (Å²) in [6.45, 7) is 14.9. The lowest BCUT2D eigenvalue weighted by atomic mass is 10.0. The Morgan fingerprint density at radius 1 is 1.24 bits per heavy atom. The molecule has 0 aliphatic carbocycles. The van der Waals surface area contributed by atoms with Gasteiger partial charge < -0.3 is 15.0 Å². The van der Waals surface area contributed by atoms with Gasteiger partial charge in [0.05, 0.1) is 6.61 Å². The van der Waals surface area contributed by atoms with E-state index in [0.717, 1.165) is 50.9 Å². The molecule has 0 unspecified atom stereocenters. The van der Waals surface area contributed by atoms with E-state index in [1.54, 1.807) is 6.33 Å². The van der Waals surface area contributed by atoms with Gasteiger partial charge >= 0.3 is 0 Å². The first-order chi connectivity index (χ1) is 10.2. The Balaban J connectivity index is 3.02. The number of rotatable bonds is 10. The predicted octanol–water partition coefficient (Wildman–Crippen LogP) is 3.28. The van der Waals surface area contributed by atoms with Gasteiger partial charge in [0.25, 0.3) is 0 Å². The predicted molar refractivity (Wildman–Crippen MR) is 89.3 cm³/mol. The van der Waals surface area contributed by atoms with Crippen LogP contribution in [-0.2, 0) is 4.74 Å². The number of aromatic nitrogens is 2. The average Bonchev–Trinajstić information content (AvgIpc) is 2.49. The number of ether oxygens (including phenoxy) is 1. The second-order valence-corrected chi connectivity index (χ2v) is 5.32. The average molecular weight is 294 g/mol. The molecule has 0 amide bonds. The van der Waals surface area contributed by atoms with E-state index in [4.69, 9.17) is 4.74 Å². The molecule has 1 rings (SSSR count). The molecule has 0 spiro atoms. The molecule has 0 aliphatic rings.